The van der Waals surface area contributed by atoms with E-state index in [4.69, 9.17) is 0 Å². The van der Waals surface area contributed by atoms with Crippen molar-refractivity contribution in [1.29, 1.82) is 0 Å². The van der Waals surface area contributed by atoms with Gasteiger partial charge in [-0.3, -0.25) is 9.59 Å². The van der Waals surface area contributed by atoms with Gasteiger partial charge in [0.25, 0.3) is 0 Å². The maximum Gasteiger partial charge on any atom is 0.228 e. The summed E-state index contributed by atoms with van der Waals surface area (Å²) in [5.74, 6) is 0.0380. The van der Waals surface area contributed by atoms with Crippen molar-refractivity contribution in [3.8, 4) is 0 Å². The van der Waals surface area contributed by atoms with Crippen LogP contribution in [0.25, 0.3) is 0 Å². The van der Waals surface area contributed by atoms with Crippen molar-refractivity contribution in [3.63, 3.8) is 0 Å². The molecule has 2 amide bonds. The van der Waals surface area contributed by atoms with Crippen LogP contribution >= 0.6 is 0 Å². The number of hydrogen-bond donors (Lipinski definition) is 2. The lowest BCUT2D eigenvalue weighted by atomic mass is 10.1. The van der Waals surface area contributed by atoms with Gasteiger partial charge in [-0.1, -0.05) is 25.5 Å². The molecule has 1 aromatic carbocycles. The fourth-order valence-corrected chi connectivity index (χ4v) is 2.92. The molecule has 5 heteroatoms. The molecule has 5 nitrogen and oxygen atoms in total. The van der Waals surface area contributed by atoms with Crippen LogP contribution in [0.15, 0.2) is 18.2 Å². The number of carbonyl (C=O) groups is 2. The van der Waals surface area contributed by atoms with Crippen molar-refractivity contribution in [1.82, 2.24) is 10.2 Å². The molecule has 0 unspecified atom stereocenters. The van der Waals surface area contributed by atoms with E-state index in [1.54, 1.807) is 0 Å². The van der Waals surface area contributed by atoms with E-state index < -0.39 is 0 Å². The molecule has 1 aromatic rings. The summed E-state index contributed by atoms with van der Waals surface area (Å²) in [6.07, 6.45) is 3.13. The minimum atomic E-state index is 0.0188. The minimum Gasteiger partial charge on any atom is -0.352 e. The highest BCUT2D eigenvalue weighted by Gasteiger charge is 2.18. The first-order valence-corrected chi connectivity index (χ1v) is 8.37. The number of nitrogens with zero attached hydrogens (tertiary/aromatic N) is 1. The number of carbonyl (C=O) groups excluding carboxylic acids is 2. The number of unbranched alkanes of at least 4 members (excludes halogenated alkanes) is 1. The van der Waals surface area contributed by atoms with Crippen LogP contribution in [0.5, 0.6) is 0 Å². The third-order valence-electron chi connectivity index (χ3n) is 4.05. The van der Waals surface area contributed by atoms with Crippen LogP contribution in [-0.4, -0.2) is 42.9 Å². The number of benzene rings is 1. The van der Waals surface area contributed by atoms with Gasteiger partial charge < -0.3 is 15.5 Å². The third-order valence-corrected chi connectivity index (χ3v) is 4.05. The maximum absolute atomic E-state index is 12.2. The molecule has 1 atom stereocenters. The normalized spacial score (nSPS) is 14.5. The molecule has 0 bridgehead atoms. The quantitative estimate of drug-likeness (QED) is 0.770. The zero-order chi connectivity index (χ0) is 16.8. The summed E-state index contributed by atoms with van der Waals surface area (Å²) in [7, 11) is 2.08. The molecule has 1 aliphatic rings. The second kappa shape index (κ2) is 8.11. The van der Waals surface area contributed by atoms with E-state index in [2.05, 4.69) is 29.5 Å². The van der Waals surface area contributed by atoms with Gasteiger partial charge in [0.1, 0.15) is 0 Å². The second-order valence-corrected chi connectivity index (χ2v) is 6.48. The smallest absolute Gasteiger partial charge is 0.228 e. The summed E-state index contributed by atoms with van der Waals surface area (Å²) >= 11 is 0. The predicted octanol–water partition coefficient (Wildman–Crippen LogP) is 1.96. The lowest BCUT2D eigenvalue weighted by molar-refractivity contribution is -0.121. The Labute approximate surface area is 138 Å². The van der Waals surface area contributed by atoms with Crippen LogP contribution in [0, 0.1) is 0 Å². The Kier molecular flexibility index (Phi) is 6.16. The highest BCUT2D eigenvalue weighted by molar-refractivity contribution is 5.99. The van der Waals surface area contributed by atoms with Crippen molar-refractivity contribution in [3.05, 3.63) is 29.3 Å². The molecular formula is C18H27N3O2. The second-order valence-electron chi connectivity index (χ2n) is 6.48. The lowest BCUT2D eigenvalue weighted by Crippen LogP contribution is -2.41. The van der Waals surface area contributed by atoms with Gasteiger partial charge in [0.2, 0.25) is 11.8 Å². The van der Waals surface area contributed by atoms with Crippen molar-refractivity contribution in [2.75, 3.05) is 25.5 Å². The Hall–Kier alpha value is -1.88. The number of hydrogen-bond acceptors (Lipinski definition) is 3. The van der Waals surface area contributed by atoms with E-state index in [1.165, 1.54) is 12.8 Å². The monoisotopic (exact) mass is 317 g/mol. The third kappa shape index (κ3) is 5.36. The molecule has 126 valence electrons. The molecule has 0 saturated heterocycles. The predicted molar refractivity (Wildman–Crippen MR) is 92.5 cm³/mol. The van der Waals surface area contributed by atoms with Gasteiger partial charge >= 0.3 is 0 Å². The van der Waals surface area contributed by atoms with Gasteiger partial charge in [-0.15, -0.1) is 0 Å². The Morgan fingerprint density at radius 2 is 2.22 bits per heavy atom. The average molecular weight is 317 g/mol. The number of amides is 2. The first kappa shape index (κ1) is 17.5. The molecule has 0 saturated carbocycles. The maximum atomic E-state index is 12.2. The van der Waals surface area contributed by atoms with E-state index >= 15 is 0 Å². The minimum absolute atomic E-state index is 0.0188. The van der Waals surface area contributed by atoms with Gasteiger partial charge in [-0.05, 0) is 44.1 Å². The van der Waals surface area contributed by atoms with Gasteiger partial charge in [-0.2, -0.15) is 0 Å². The lowest BCUT2D eigenvalue weighted by Gasteiger charge is -2.22. The first-order valence-electron chi connectivity index (χ1n) is 8.37. The fourth-order valence-electron chi connectivity index (χ4n) is 2.92. The number of nitrogens with one attached hydrogen (secondary N) is 2. The largest absolute Gasteiger partial charge is 0.352 e. The van der Waals surface area contributed by atoms with Crippen LogP contribution in [-0.2, 0) is 22.4 Å². The summed E-state index contributed by atoms with van der Waals surface area (Å²) < 4.78 is 0. The van der Waals surface area contributed by atoms with Crippen molar-refractivity contribution in [2.24, 2.45) is 0 Å². The van der Waals surface area contributed by atoms with E-state index in [0.29, 0.717) is 12.8 Å². The Balaban J connectivity index is 1.81. The molecule has 2 N–H and O–H groups in total. The Bertz CT molecular complexity index is 571. The molecule has 0 fully saturated rings. The summed E-state index contributed by atoms with van der Waals surface area (Å²) in [6, 6.07) is 5.88. The molecule has 0 aromatic heterocycles. The number of anilines is 1. The molecule has 0 aliphatic carbocycles. The summed E-state index contributed by atoms with van der Waals surface area (Å²) in [5.41, 5.74) is 2.77. The van der Waals surface area contributed by atoms with E-state index in [0.717, 1.165) is 29.9 Å². The molecule has 1 heterocycles. The van der Waals surface area contributed by atoms with Crippen LogP contribution in [0.2, 0.25) is 0 Å². The van der Waals surface area contributed by atoms with Gasteiger partial charge in [0.05, 0.1) is 12.8 Å². The highest BCUT2D eigenvalue weighted by atomic mass is 16.2. The van der Waals surface area contributed by atoms with E-state index in [-0.39, 0.29) is 17.9 Å². The zero-order valence-corrected chi connectivity index (χ0v) is 14.3. The average Bonchev–Trinajstić information content (AvgIpc) is 2.84. The summed E-state index contributed by atoms with van der Waals surface area (Å²) in [4.78, 5) is 25.8. The van der Waals surface area contributed by atoms with Gasteiger partial charge in [0.15, 0.2) is 0 Å². The molecule has 0 radical (unpaired) electrons. The van der Waals surface area contributed by atoms with E-state index in [1.807, 2.05) is 25.1 Å². The molecule has 2 rings (SSSR count). The molecular weight excluding hydrogens is 290 g/mol. The summed E-state index contributed by atoms with van der Waals surface area (Å²) in [6.45, 7) is 6.12. The van der Waals surface area contributed by atoms with Crippen LogP contribution < -0.4 is 10.6 Å². The highest BCUT2D eigenvalue weighted by Crippen LogP contribution is 2.24. The topological polar surface area (TPSA) is 61.4 Å². The summed E-state index contributed by atoms with van der Waals surface area (Å²) in [5, 5.41) is 5.86. The Morgan fingerprint density at radius 3 is 2.96 bits per heavy atom. The molecule has 1 aliphatic heterocycles. The number of fused-ring (bicyclic) bond motifs is 1. The SMILES string of the molecule is CCCCN(C)C[C@@H](C)NC(=O)Cc1ccc2c(c1)NC(=O)C2. The zero-order valence-electron chi connectivity index (χ0n) is 14.3. The van der Waals surface area contributed by atoms with Crippen LogP contribution in [0.4, 0.5) is 5.69 Å². The standard InChI is InChI=1S/C18H27N3O2/c1-4-5-8-21(3)12-13(2)19-17(22)10-14-6-7-15-11-18(23)20-16(15)9-14/h6-7,9,13H,4-5,8,10-12H2,1-3H3,(H,19,22)(H,20,23)/t13-/m1/s1. The first-order chi connectivity index (χ1) is 11.0. The molecule has 0 spiro atoms. The molecule has 23 heavy (non-hydrogen) atoms. The van der Waals surface area contributed by atoms with Gasteiger partial charge in [-0.25, -0.2) is 0 Å². The van der Waals surface area contributed by atoms with Crippen molar-refractivity contribution < 1.29 is 9.59 Å². The van der Waals surface area contributed by atoms with Gasteiger partial charge in [0, 0.05) is 18.3 Å². The van der Waals surface area contributed by atoms with Crippen molar-refractivity contribution >= 4 is 17.5 Å². The van der Waals surface area contributed by atoms with E-state index in [9.17, 15) is 9.59 Å². The number of rotatable bonds is 8. The van der Waals surface area contributed by atoms with Crippen LogP contribution in [0.3, 0.4) is 0 Å². The fraction of sp³-hybridized carbons (Fsp3) is 0.556. The number of likely N-dealkylation sites (N-methyl/N-ethyl adjacent to an activating group) is 1. The Morgan fingerprint density at radius 1 is 1.43 bits per heavy atom. The van der Waals surface area contributed by atoms with Crippen LogP contribution in [0.1, 0.15) is 37.8 Å². The van der Waals surface area contributed by atoms with Crippen molar-refractivity contribution in [2.45, 2.75) is 45.6 Å².